The summed E-state index contributed by atoms with van der Waals surface area (Å²) in [6.45, 7) is 0.278. The van der Waals surface area contributed by atoms with Crippen molar-refractivity contribution in [2.75, 3.05) is 6.54 Å². The first kappa shape index (κ1) is 26.9. The van der Waals surface area contributed by atoms with Gasteiger partial charge in [-0.05, 0) is 29.5 Å². The molecule has 3 aromatic carbocycles. The van der Waals surface area contributed by atoms with Gasteiger partial charge in [0.2, 0.25) is 17.7 Å². The van der Waals surface area contributed by atoms with Crippen molar-refractivity contribution < 1.29 is 14.4 Å². The van der Waals surface area contributed by atoms with Crippen LogP contribution < -0.4 is 27.8 Å². The van der Waals surface area contributed by atoms with Gasteiger partial charge < -0.3 is 27.8 Å². The van der Waals surface area contributed by atoms with Gasteiger partial charge in [-0.25, -0.2) is 0 Å². The Kier molecular flexibility index (Phi) is 9.78. The topological polar surface area (TPSA) is 166 Å². The van der Waals surface area contributed by atoms with Gasteiger partial charge in [0.1, 0.15) is 12.1 Å². The highest BCUT2D eigenvalue weighted by atomic mass is 16.2. The van der Waals surface area contributed by atoms with Gasteiger partial charge >= 0.3 is 0 Å². The van der Waals surface area contributed by atoms with E-state index in [4.69, 9.17) is 17.2 Å². The number of aliphatic imine (C=N–C) groups is 1. The maximum absolute atomic E-state index is 13.6. The molecule has 3 rings (SSSR count). The summed E-state index contributed by atoms with van der Waals surface area (Å²) < 4.78 is 0. The Labute approximate surface area is 216 Å². The number of guanidine groups is 1. The molecule has 2 atom stereocenters. The maximum Gasteiger partial charge on any atom is 0.244 e. The van der Waals surface area contributed by atoms with E-state index in [-0.39, 0.29) is 24.8 Å². The van der Waals surface area contributed by atoms with E-state index in [1.165, 1.54) is 0 Å². The molecule has 37 heavy (non-hydrogen) atoms. The smallest absolute Gasteiger partial charge is 0.244 e. The number of hydrogen-bond acceptors (Lipinski definition) is 4. The van der Waals surface area contributed by atoms with Gasteiger partial charge in [-0.15, -0.1) is 0 Å². The van der Waals surface area contributed by atoms with Gasteiger partial charge in [-0.2, -0.15) is 0 Å². The average Bonchev–Trinajstić information content (AvgIpc) is 2.90. The molecule has 9 nitrogen and oxygen atoms in total. The average molecular weight is 501 g/mol. The Morgan fingerprint density at radius 2 is 1.16 bits per heavy atom. The van der Waals surface area contributed by atoms with E-state index >= 15 is 0 Å². The third-order valence-electron chi connectivity index (χ3n) is 5.81. The molecule has 0 spiro atoms. The number of carbonyl (C=O) groups excluding carboxylic acids is 3. The second-order valence-electron chi connectivity index (χ2n) is 8.52. The molecule has 0 aliphatic heterocycles. The number of carbonyl (C=O) groups is 3. The first-order chi connectivity index (χ1) is 17.9. The molecule has 0 fully saturated rings. The number of hydrogen-bond donors (Lipinski definition) is 5. The zero-order chi connectivity index (χ0) is 26.6. The number of nitrogens with one attached hydrogen (secondary N) is 2. The lowest BCUT2D eigenvalue weighted by molar-refractivity contribution is -0.131. The van der Waals surface area contributed by atoms with Crippen molar-refractivity contribution in [3.63, 3.8) is 0 Å². The molecule has 0 saturated heterocycles. The summed E-state index contributed by atoms with van der Waals surface area (Å²) in [6.07, 6.45) is 0.662. The van der Waals surface area contributed by atoms with Crippen LogP contribution in [0.1, 0.15) is 41.5 Å². The molecular weight excluding hydrogens is 468 g/mol. The van der Waals surface area contributed by atoms with Crippen LogP contribution in [0.3, 0.4) is 0 Å². The summed E-state index contributed by atoms with van der Waals surface area (Å²) in [5.41, 5.74) is 18.5. The van der Waals surface area contributed by atoms with Crippen LogP contribution in [0.25, 0.3) is 0 Å². The highest BCUT2D eigenvalue weighted by molar-refractivity contribution is 5.94. The van der Waals surface area contributed by atoms with Crippen LogP contribution in [0, 0.1) is 0 Å². The van der Waals surface area contributed by atoms with Gasteiger partial charge in [0.15, 0.2) is 5.96 Å². The zero-order valence-electron chi connectivity index (χ0n) is 20.4. The van der Waals surface area contributed by atoms with Gasteiger partial charge in [0.05, 0.1) is 5.92 Å². The Morgan fingerprint density at radius 1 is 0.676 bits per heavy atom. The van der Waals surface area contributed by atoms with Crippen LogP contribution in [0.15, 0.2) is 96.0 Å². The minimum Gasteiger partial charge on any atom is -0.370 e. The summed E-state index contributed by atoms with van der Waals surface area (Å²) in [4.78, 5) is 43.1. The molecule has 9 heteroatoms. The van der Waals surface area contributed by atoms with E-state index in [2.05, 4.69) is 15.6 Å². The molecule has 0 bridgehead atoms. The van der Waals surface area contributed by atoms with Crippen molar-refractivity contribution in [3.05, 3.63) is 108 Å². The van der Waals surface area contributed by atoms with Crippen LogP contribution in [0.2, 0.25) is 0 Å². The molecule has 3 aromatic rings. The monoisotopic (exact) mass is 500 g/mol. The lowest BCUT2D eigenvalue weighted by atomic mass is 9.90. The predicted octanol–water partition coefficient (Wildman–Crippen LogP) is 1.70. The second kappa shape index (κ2) is 13.4. The van der Waals surface area contributed by atoms with Crippen LogP contribution in [0.5, 0.6) is 0 Å². The van der Waals surface area contributed by atoms with Crippen LogP contribution in [0.4, 0.5) is 0 Å². The fourth-order valence-corrected chi connectivity index (χ4v) is 4.02. The quantitative estimate of drug-likeness (QED) is 0.145. The second-order valence-corrected chi connectivity index (χ2v) is 8.52. The Hall–Kier alpha value is -4.66. The summed E-state index contributed by atoms with van der Waals surface area (Å²) in [5.74, 6) is -2.30. The molecule has 1 unspecified atom stereocenters. The van der Waals surface area contributed by atoms with Crippen molar-refractivity contribution in [1.82, 2.24) is 10.6 Å². The highest BCUT2D eigenvalue weighted by Crippen LogP contribution is 2.25. The molecule has 0 heterocycles. The summed E-state index contributed by atoms with van der Waals surface area (Å²) in [6, 6.07) is 25.3. The summed E-state index contributed by atoms with van der Waals surface area (Å²) >= 11 is 0. The lowest BCUT2D eigenvalue weighted by Gasteiger charge is -2.25. The van der Waals surface area contributed by atoms with E-state index in [0.717, 1.165) is 11.1 Å². The molecule has 3 amide bonds. The van der Waals surface area contributed by atoms with Gasteiger partial charge in [-0.1, -0.05) is 91.0 Å². The van der Waals surface area contributed by atoms with Crippen molar-refractivity contribution in [2.24, 2.45) is 22.2 Å². The number of primary amides is 1. The highest BCUT2D eigenvalue weighted by Gasteiger charge is 2.30. The van der Waals surface area contributed by atoms with Gasteiger partial charge in [-0.3, -0.25) is 19.4 Å². The van der Waals surface area contributed by atoms with E-state index in [1.54, 1.807) is 30.3 Å². The summed E-state index contributed by atoms with van der Waals surface area (Å²) in [5, 5.41) is 5.58. The minimum absolute atomic E-state index is 0.0591. The van der Waals surface area contributed by atoms with Gasteiger partial charge in [0.25, 0.3) is 0 Å². The number of rotatable bonds is 12. The van der Waals surface area contributed by atoms with Crippen molar-refractivity contribution in [1.29, 1.82) is 0 Å². The van der Waals surface area contributed by atoms with Crippen LogP contribution >= 0.6 is 0 Å². The van der Waals surface area contributed by atoms with Crippen LogP contribution in [-0.4, -0.2) is 36.3 Å². The SMILES string of the molecule is NC(=O)[C@@H](NC(=O)C(CCCN=C(N)N)NC(=O)C(c1ccccc1)c1ccccc1)c1ccccc1. The summed E-state index contributed by atoms with van der Waals surface area (Å²) in [7, 11) is 0. The maximum atomic E-state index is 13.6. The molecule has 0 radical (unpaired) electrons. The molecule has 8 N–H and O–H groups in total. The molecule has 0 aromatic heterocycles. The largest absolute Gasteiger partial charge is 0.370 e. The van der Waals surface area contributed by atoms with Crippen LogP contribution in [-0.2, 0) is 14.4 Å². The predicted molar refractivity (Wildman–Crippen MR) is 143 cm³/mol. The fourth-order valence-electron chi connectivity index (χ4n) is 4.02. The Bertz CT molecular complexity index is 1160. The van der Waals surface area contributed by atoms with E-state index in [9.17, 15) is 14.4 Å². The first-order valence-corrected chi connectivity index (χ1v) is 12.0. The molecular formula is C28H32N6O3. The fraction of sp³-hybridized carbons (Fsp3) is 0.214. The lowest BCUT2D eigenvalue weighted by Crippen LogP contribution is -2.50. The van der Waals surface area contributed by atoms with E-state index in [1.807, 2.05) is 60.7 Å². The molecule has 0 aliphatic carbocycles. The third-order valence-corrected chi connectivity index (χ3v) is 5.81. The molecule has 0 aliphatic rings. The standard InChI is InChI=1S/C28H32N6O3/c29-25(35)24(21-15-8-3-9-16-21)34-26(36)22(17-10-18-32-28(30)31)33-27(37)23(19-11-4-1-5-12-19)20-13-6-2-7-14-20/h1-9,11-16,22-24H,10,17-18H2,(H2,29,35)(H,33,37)(H,34,36)(H4,30,31,32)/t22?,24-/m0/s1. The molecule has 0 saturated carbocycles. The minimum atomic E-state index is -1.05. The Balaban J connectivity index is 1.86. The van der Waals surface area contributed by atoms with Crippen molar-refractivity contribution in [3.8, 4) is 0 Å². The van der Waals surface area contributed by atoms with E-state index < -0.39 is 29.8 Å². The van der Waals surface area contributed by atoms with E-state index in [0.29, 0.717) is 12.0 Å². The van der Waals surface area contributed by atoms with Crippen molar-refractivity contribution in [2.45, 2.75) is 30.8 Å². The van der Waals surface area contributed by atoms with Crippen molar-refractivity contribution >= 4 is 23.7 Å². The number of nitrogens with zero attached hydrogens (tertiary/aromatic N) is 1. The molecule has 192 valence electrons. The third kappa shape index (κ3) is 7.93. The van der Waals surface area contributed by atoms with Gasteiger partial charge in [0, 0.05) is 6.54 Å². The number of benzene rings is 3. The number of nitrogens with two attached hydrogens (primary N) is 3. The zero-order valence-corrected chi connectivity index (χ0v) is 20.4. The first-order valence-electron chi connectivity index (χ1n) is 12.0. The number of amides is 3. The normalized spacial score (nSPS) is 12.2. The Morgan fingerprint density at radius 3 is 1.62 bits per heavy atom.